The van der Waals surface area contributed by atoms with Crippen LogP contribution >= 0.6 is 11.6 Å². The first-order chi connectivity index (χ1) is 17.0. The lowest BCUT2D eigenvalue weighted by molar-refractivity contribution is -0.274. The molecule has 1 aromatic carbocycles. The number of pyridine rings is 1. The number of hydrogen-bond acceptors (Lipinski definition) is 6. The number of ether oxygens (including phenoxy) is 2. The fourth-order valence-electron chi connectivity index (χ4n) is 5.49. The summed E-state index contributed by atoms with van der Waals surface area (Å²) >= 11 is 5.99. The summed E-state index contributed by atoms with van der Waals surface area (Å²) in [5, 5.41) is 18.5. The van der Waals surface area contributed by atoms with Crippen LogP contribution in [-0.4, -0.2) is 43.8 Å². The van der Waals surface area contributed by atoms with E-state index in [1.165, 1.54) is 12.1 Å². The van der Waals surface area contributed by atoms with Crippen molar-refractivity contribution in [3.05, 3.63) is 59.5 Å². The van der Waals surface area contributed by atoms with Crippen molar-refractivity contribution in [2.45, 2.75) is 55.3 Å². The predicted octanol–water partition coefficient (Wildman–Crippen LogP) is 4.13. The number of aliphatic hydroxyl groups is 1. The van der Waals surface area contributed by atoms with Crippen LogP contribution in [0.3, 0.4) is 0 Å². The van der Waals surface area contributed by atoms with E-state index in [1.54, 1.807) is 30.6 Å². The average molecular weight is 521 g/mol. The summed E-state index contributed by atoms with van der Waals surface area (Å²) in [5.74, 6) is -0.213. The third-order valence-corrected chi connectivity index (χ3v) is 7.29. The number of hydrogen-bond donors (Lipinski definition) is 2. The van der Waals surface area contributed by atoms with E-state index in [4.69, 9.17) is 16.3 Å². The first-order valence-corrected chi connectivity index (χ1v) is 11.6. The molecule has 3 saturated carbocycles. The number of carbonyl (C=O) groups is 1. The van der Waals surface area contributed by atoms with E-state index in [1.807, 2.05) is 4.68 Å². The number of aliphatic hydroxyl groups excluding tert-OH is 1. The number of alkyl halides is 3. The lowest BCUT2D eigenvalue weighted by atomic mass is 9.44. The Balaban J connectivity index is 1.07. The normalized spacial score (nSPS) is 28.2. The van der Waals surface area contributed by atoms with Gasteiger partial charge < -0.3 is 19.9 Å². The molecular weight excluding hydrogens is 501 g/mol. The van der Waals surface area contributed by atoms with Crippen molar-refractivity contribution in [1.29, 1.82) is 0 Å². The molecule has 0 spiro atoms. The molecule has 8 nitrogen and oxygen atoms in total. The minimum absolute atomic E-state index is 0.142. The van der Waals surface area contributed by atoms with Crippen LogP contribution < -0.4 is 14.8 Å². The average Bonchev–Trinajstić information content (AvgIpc) is 3.24. The van der Waals surface area contributed by atoms with Gasteiger partial charge in [0, 0.05) is 34.3 Å². The van der Waals surface area contributed by atoms with Crippen LogP contribution in [0.4, 0.5) is 13.2 Å². The Labute approximate surface area is 208 Å². The first kappa shape index (κ1) is 23.1. The second kappa shape index (κ2) is 7.84. The molecule has 2 bridgehead atoms. The van der Waals surface area contributed by atoms with E-state index < -0.39 is 24.3 Å². The highest BCUT2D eigenvalue weighted by molar-refractivity contribution is 6.30. The minimum atomic E-state index is -4.77. The Morgan fingerprint density at radius 3 is 2.69 bits per heavy atom. The van der Waals surface area contributed by atoms with Crippen LogP contribution in [0.1, 0.15) is 37.4 Å². The van der Waals surface area contributed by atoms with Crippen molar-refractivity contribution in [3.8, 4) is 22.8 Å². The summed E-state index contributed by atoms with van der Waals surface area (Å²) in [6, 6.07) is 7.58. The van der Waals surface area contributed by atoms with Crippen molar-refractivity contribution < 1.29 is 32.5 Å². The lowest BCUT2D eigenvalue weighted by Gasteiger charge is -2.70. The summed E-state index contributed by atoms with van der Waals surface area (Å²) in [7, 11) is 0. The summed E-state index contributed by atoms with van der Waals surface area (Å²) in [6.45, 7) is 0. The first-order valence-electron chi connectivity index (χ1n) is 11.3. The van der Waals surface area contributed by atoms with Gasteiger partial charge in [0.25, 0.3) is 5.91 Å². The molecule has 3 aliphatic carbocycles. The van der Waals surface area contributed by atoms with Gasteiger partial charge in [-0.25, -0.2) is 0 Å². The van der Waals surface area contributed by atoms with Crippen molar-refractivity contribution in [2.24, 2.45) is 0 Å². The molecule has 0 unspecified atom stereocenters. The van der Waals surface area contributed by atoms with Gasteiger partial charge in [0.1, 0.15) is 11.5 Å². The summed E-state index contributed by atoms with van der Waals surface area (Å²) in [4.78, 5) is 17.0. The van der Waals surface area contributed by atoms with Gasteiger partial charge in [-0.2, -0.15) is 5.10 Å². The second-order valence-electron chi connectivity index (χ2n) is 9.66. The Bertz CT molecular complexity index is 1320. The minimum Gasteiger partial charge on any atom is -0.480 e. The summed E-state index contributed by atoms with van der Waals surface area (Å²) in [6.07, 6.45) is 0.245. The molecule has 36 heavy (non-hydrogen) atoms. The number of aromatic nitrogens is 3. The SMILES string of the molecule is O=C(NC12CC(n3cc(-c4ccc(OC(F)(F)F)cn4)cn3)(C1)C2)[C@H]1C[C@@H](O)c2cc(Cl)ccc2O1. The molecule has 2 aromatic heterocycles. The number of rotatable bonds is 5. The van der Waals surface area contributed by atoms with Crippen molar-refractivity contribution in [3.63, 3.8) is 0 Å². The zero-order chi connectivity index (χ0) is 25.3. The molecule has 1 amide bonds. The Morgan fingerprint density at radius 2 is 2.00 bits per heavy atom. The van der Waals surface area contributed by atoms with Crippen LogP contribution in [0, 0.1) is 0 Å². The number of halogens is 4. The smallest absolute Gasteiger partial charge is 0.480 e. The standard InChI is InChI=1S/C24H20ClF3N4O4/c25-14-1-4-19-16(5-14)18(33)6-20(35-19)21(34)31-22-10-23(11-22,12-22)32-9-13(7-30-32)17-3-2-15(8-29-17)36-24(26,27)28/h1-5,7-9,18,20,33H,6,10-12H2,(H,31,34)/t18-,20-,22?,23?/m1/s1. The molecule has 3 heterocycles. The molecule has 2 atom stereocenters. The maximum absolute atomic E-state index is 12.9. The van der Waals surface area contributed by atoms with Crippen LogP contribution in [0.15, 0.2) is 48.9 Å². The quantitative estimate of drug-likeness (QED) is 0.525. The number of fused-ring (bicyclic) bond motifs is 1. The molecular formula is C24H20ClF3N4O4. The highest BCUT2D eigenvalue weighted by Gasteiger charge is 2.70. The molecule has 1 aliphatic heterocycles. The maximum Gasteiger partial charge on any atom is 0.573 e. The number of carbonyl (C=O) groups excluding carboxylic acids is 1. The molecule has 12 heteroatoms. The second-order valence-corrected chi connectivity index (χ2v) is 10.1. The van der Waals surface area contributed by atoms with Gasteiger partial charge in [-0.15, -0.1) is 13.2 Å². The van der Waals surface area contributed by atoms with E-state index >= 15 is 0 Å². The Hall–Kier alpha value is -3.31. The van der Waals surface area contributed by atoms with Crippen LogP contribution in [0.2, 0.25) is 5.02 Å². The Kier molecular flexibility index (Phi) is 5.03. The van der Waals surface area contributed by atoms with E-state index in [0.717, 1.165) is 6.20 Å². The van der Waals surface area contributed by atoms with Gasteiger partial charge in [-0.1, -0.05) is 11.6 Å². The van der Waals surface area contributed by atoms with E-state index in [2.05, 4.69) is 20.1 Å². The van der Waals surface area contributed by atoms with Crippen molar-refractivity contribution in [1.82, 2.24) is 20.1 Å². The van der Waals surface area contributed by atoms with Gasteiger partial charge in [0.15, 0.2) is 6.10 Å². The fourth-order valence-corrected chi connectivity index (χ4v) is 5.67. The van der Waals surface area contributed by atoms with Crippen LogP contribution in [-0.2, 0) is 10.3 Å². The predicted molar refractivity (Wildman–Crippen MR) is 120 cm³/mol. The van der Waals surface area contributed by atoms with Gasteiger partial charge >= 0.3 is 6.36 Å². The molecule has 3 aromatic rings. The zero-order valence-corrected chi connectivity index (χ0v) is 19.4. The monoisotopic (exact) mass is 520 g/mol. The number of amides is 1. The molecule has 188 valence electrons. The molecule has 0 saturated heterocycles. The molecule has 2 N–H and O–H groups in total. The van der Waals surface area contributed by atoms with Crippen molar-refractivity contribution in [2.75, 3.05) is 0 Å². The number of benzene rings is 1. The van der Waals surface area contributed by atoms with Gasteiger partial charge in [0.2, 0.25) is 0 Å². The summed E-state index contributed by atoms with van der Waals surface area (Å²) < 4.78 is 48.5. The fraction of sp³-hybridized carbons (Fsp3) is 0.375. The highest BCUT2D eigenvalue weighted by Crippen LogP contribution is 2.65. The van der Waals surface area contributed by atoms with E-state index in [-0.39, 0.29) is 23.4 Å². The van der Waals surface area contributed by atoms with Gasteiger partial charge in [-0.3, -0.25) is 14.5 Å². The van der Waals surface area contributed by atoms with Crippen LogP contribution in [0.5, 0.6) is 11.5 Å². The van der Waals surface area contributed by atoms with Crippen molar-refractivity contribution >= 4 is 17.5 Å². The molecule has 4 aliphatic rings. The Morgan fingerprint density at radius 1 is 1.22 bits per heavy atom. The third kappa shape index (κ3) is 3.96. The largest absolute Gasteiger partial charge is 0.573 e. The van der Waals surface area contributed by atoms with Gasteiger partial charge in [0.05, 0.1) is 29.7 Å². The topological polar surface area (TPSA) is 98.5 Å². The van der Waals surface area contributed by atoms with Crippen LogP contribution in [0.25, 0.3) is 11.3 Å². The zero-order valence-electron chi connectivity index (χ0n) is 18.6. The molecule has 7 rings (SSSR count). The van der Waals surface area contributed by atoms with Gasteiger partial charge in [-0.05, 0) is 49.6 Å². The molecule has 3 fully saturated rings. The molecule has 0 radical (unpaired) electrons. The lowest BCUT2D eigenvalue weighted by Crippen LogP contribution is -2.79. The van der Waals surface area contributed by atoms with E-state index in [9.17, 15) is 23.1 Å². The summed E-state index contributed by atoms with van der Waals surface area (Å²) in [5.41, 5.74) is 1.15. The maximum atomic E-state index is 12.9. The number of nitrogens with one attached hydrogen (secondary N) is 1. The van der Waals surface area contributed by atoms with E-state index in [0.29, 0.717) is 46.9 Å². The highest BCUT2D eigenvalue weighted by atomic mass is 35.5. The third-order valence-electron chi connectivity index (χ3n) is 7.05. The number of nitrogens with zero attached hydrogens (tertiary/aromatic N) is 3.